The SMILES string of the molecule is CC[CH2][Sn]([CH2]CC)[CH2]CC.O=C(O)/C=C\C(=O)O. The molecule has 4 nitrogen and oxygen atoms in total. The summed E-state index contributed by atoms with van der Waals surface area (Å²) in [7, 11) is 0. The molecule has 0 atom stereocenters. The quantitative estimate of drug-likeness (QED) is 0.511. The summed E-state index contributed by atoms with van der Waals surface area (Å²) in [4.78, 5) is 19.1. The Kier molecular flexibility index (Phi) is 16.0. The van der Waals surface area contributed by atoms with E-state index in [4.69, 9.17) is 10.2 Å². The van der Waals surface area contributed by atoms with Crippen LogP contribution in [-0.4, -0.2) is 41.9 Å². The number of rotatable bonds is 8. The fourth-order valence-electron chi connectivity index (χ4n) is 1.58. The van der Waals surface area contributed by atoms with Gasteiger partial charge in [-0.2, -0.15) is 0 Å². The molecule has 0 saturated carbocycles. The molecule has 0 spiro atoms. The Labute approximate surface area is 117 Å². The number of aliphatic carboxylic acids is 2. The third-order valence-corrected chi connectivity index (χ3v) is 12.5. The first kappa shape index (κ1) is 19.8. The molecule has 5 heteroatoms. The maximum atomic E-state index is 9.55. The summed E-state index contributed by atoms with van der Waals surface area (Å²) in [5.41, 5.74) is 0. The zero-order valence-corrected chi connectivity index (χ0v) is 14.5. The van der Waals surface area contributed by atoms with Crippen LogP contribution in [0.1, 0.15) is 40.0 Å². The van der Waals surface area contributed by atoms with Gasteiger partial charge in [-0.15, -0.1) is 0 Å². The van der Waals surface area contributed by atoms with Crippen molar-refractivity contribution in [3.8, 4) is 0 Å². The van der Waals surface area contributed by atoms with Gasteiger partial charge in [-0.05, 0) is 0 Å². The van der Waals surface area contributed by atoms with Crippen molar-refractivity contribution in [1.29, 1.82) is 0 Å². The van der Waals surface area contributed by atoms with Crippen LogP contribution in [0.5, 0.6) is 0 Å². The van der Waals surface area contributed by atoms with Crippen LogP contribution in [0.15, 0.2) is 12.2 Å². The number of carboxylic acids is 2. The zero-order chi connectivity index (χ0) is 14.4. The zero-order valence-electron chi connectivity index (χ0n) is 11.6. The predicted octanol–water partition coefficient (Wildman–Crippen LogP) is 3.42. The molecule has 0 aromatic heterocycles. The van der Waals surface area contributed by atoms with Crippen LogP contribution in [0.4, 0.5) is 0 Å². The van der Waals surface area contributed by atoms with Gasteiger partial charge in [0.05, 0.1) is 0 Å². The standard InChI is InChI=1S/C4H4O4.3C3H7.Sn/c5-3(6)1-2-4(7)8;3*1-3-2;/h1-2H,(H,5,6)(H,7,8);3*1,3H2,2H3;/b2-1-;;;;. The molecule has 1 radical (unpaired) electrons. The van der Waals surface area contributed by atoms with E-state index < -0.39 is 31.7 Å². The van der Waals surface area contributed by atoms with E-state index in [0.717, 1.165) is 0 Å². The van der Waals surface area contributed by atoms with Crippen LogP contribution in [0.2, 0.25) is 13.3 Å². The summed E-state index contributed by atoms with van der Waals surface area (Å²) >= 11 is -0.759. The molecular weight excluding hydrogens is 339 g/mol. The average molecular weight is 364 g/mol. The molecule has 0 amide bonds. The van der Waals surface area contributed by atoms with E-state index in [9.17, 15) is 9.59 Å². The van der Waals surface area contributed by atoms with Crippen molar-refractivity contribution in [2.24, 2.45) is 0 Å². The van der Waals surface area contributed by atoms with Crippen LogP contribution < -0.4 is 0 Å². The Bertz CT molecular complexity index is 221. The number of hydrogen-bond acceptors (Lipinski definition) is 2. The topological polar surface area (TPSA) is 74.6 Å². The number of hydrogen-bond donors (Lipinski definition) is 2. The van der Waals surface area contributed by atoms with Crippen LogP contribution in [0.25, 0.3) is 0 Å². The maximum absolute atomic E-state index is 9.55. The first-order chi connectivity index (χ1) is 8.47. The molecule has 0 aliphatic rings. The van der Waals surface area contributed by atoms with Gasteiger partial charge in [0.15, 0.2) is 0 Å². The van der Waals surface area contributed by atoms with E-state index >= 15 is 0 Å². The van der Waals surface area contributed by atoms with E-state index in [2.05, 4.69) is 20.8 Å². The minimum absolute atomic E-state index is 0.558. The molecule has 0 unspecified atom stereocenters. The van der Waals surface area contributed by atoms with E-state index in [1.807, 2.05) is 0 Å². The van der Waals surface area contributed by atoms with E-state index in [0.29, 0.717) is 12.2 Å². The van der Waals surface area contributed by atoms with Crippen LogP contribution in [-0.2, 0) is 9.59 Å². The van der Waals surface area contributed by atoms with Gasteiger partial charge in [-0.1, -0.05) is 0 Å². The Morgan fingerprint density at radius 2 is 1.11 bits per heavy atom. The molecule has 0 aromatic carbocycles. The summed E-state index contributed by atoms with van der Waals surface area (Å²) in [5.74, 6) is -2.51. The van der Waals surface area contributed by atoms with Crippen LogP contribution >= 0.6 is 0 Å². The van der Waals surface area contributed by atoms with Crippen molar-refractivity contribution in [2.75, 3.05) is 0 Å². The molecule has 0 aromatic rings. The molecule has 0 aliphatic heterocycles. The van der Waals surface area contributed by atoms with Gasteiger partial charge in [0, 0.05) is 12.2 Å². The second-order valence-corrected chi connectivity index (χ2v) is 12.6. The van der Waals surface area contributed by atoms with Crippen molar-refractivity contribution in [3.05, 3.63) is 12.2 Å². The third-order valence-electron chi connectivity index (χ3n) is 2.18. The summed E-state index contributed by atoms with van der Waals surface area (Å²) in [5, 5.41) is 15.6. The molecule has 18 heavy (non-hydrogen) atoms. The third kappa shape index (κ3) is 17.9. The largest absolute Gasteiger partial charge is 0.478 e. The monoisotopic (exact) mass is 365 g/mol. The van der Waals surface area contributed by atoms with Crippen molar-refractivity contribution in [2.45, 2.75) is 53.3 Å². The summed E-state index contributed by atoms with van der Waals surface area (Å²) in [6.45, 7) is 7.02. The van der Waals surface area contributed by atoms with Gasteiger partial charge in [-0.3, -0.25) is 0 Å². The summed E-state index contributed by atoms with van der Waals surface area (Å²) < 4.78 is 4.93. The predicted molar refractivity (Wildman–Crippen MR) is 75.5 cm³/mol. The average Bonchev–Trinajstić information content (AvgIpc) is 2.28. The van der Waals surface area contributed by atoms with Crippen molar-refractivity contribution in [1.82, 2.24) is 0 Å². The van der Waals surface area contributed by atoms with Gasteiger partial charge < -0.3 is 10.2 Å². The fraction of sp³-hybridized carbons (Fsp3) is 0.692. The van der Waals surface area contributed by atoms with E-state index in [-0.39, 0.29) is 0 Å². The molecule has 0 bridgehead atoms. The Morgan fingerprint density at radius 3 is 1.28 bits per heavy atom. The normalized spacial score (nSPS) is 10.2. The van der Waals surface area contributed by atoms with Crippen LogP contribution in [0.3, 0.4) is 0 Å². The molecule has 0 aliphatic carbocycles. The minimum Gasteiger partial charge on any atom is -0.478 e. The molecule has 0 heterocycles. The van der Waals surface area contributed by atoms with E-state index in [1.54, 1.807) is 13.3 Å². The van der Waals surface area contributed by atoms with Gasteiger partial charge in [0.2, 0.25) is 0 Å². The first-order valence-electron chi connectivity index (χ1n) is 6.45. The second kappa shape index (κ2) is 14.5. The smallest absolute Gasteiger partial charge is 0.328 e. The van der Waals surface area contributed by atoms with Gasteiger partial charge in [-0.25, -0.2) is 9.59 Å². The van der Waals surface area contributed by atoms with Crippen molar-refractivity contribution in [3.63, 3.8) is 0 Å². The Balaban J connectivity index is 0. The summed E-state index contributed by atoms with van der Waals surface area (Å²) in [6, 6.07) is 0. The molecule has 2 N–H and O–H groups in total. The first-order valence-corrected chi connectivity index (χ1v) is 12.5. The van der Waals surface area contributed by atoms with Crippen molar-refractivity contribution < 1.29 is 19.8 Å². The molecule has 0 saturated heterocycles. The second-order valence-electron chi connectivity index (χ2n) is 4.01. The Morgan fingerprint density at radius 1 is 0.833 bits per heavy atom. The Hall–Kier alpha value is -0.521. The number of carboxylic acid groups (broad SMARTS) is 2. The van der Waals surface area contributed by atoms with Gasteiger partial charge in [0.1, 0.15) is 0 Å². The molecule has 0 fully saturated rings. The van der Waals surface area contributed by atoms with Crippen LogP contribution in [0, 0.1) is 0 Å². The van der Waals surface area contributed by atoms with E-state index in [1.165, 1.54) is 19.3 Å². The number of carbonyl (C=O) groups is 2. The van der Waals surface area contributed by atoms with Gasteiger partial charge >= 0.3 is 85.0 Å². The summed E-state index contributed by atoms with van der Waals surface area (Å²) in [6.07, 6.45) is 5.48. The molecule has 0 rings (SSSR count). The minimum atomic E-state index is -1.26. The van der Waals surface area contributed by atoms with Gasteiger partial charge in [0.25, 0.3) is 0 Å². The fourth-order valence-corrected chi connectivity index (χ4v) is 9.77. The maximum Gasteiger partial charge on any atom is 0.328 e. The molecule has 105 valence electrons. The molecular formula is C13H25O4Sn. The van der Waals surface area contributed by atoms with Crippen molar-refractivity contribution >= 4 is 31.7 Å².